The first-order valence-corrected chi connectivity index (χ1v) is 4.43. The van der Waals surface area contributed by atoms with Crippen LogP contribution in [0.4, 0.5) is 14.6 Å². The molecule has 0 aliphatic carbocycles. The second kappa shape index (κ2) is 4.84. The number of alkyl halides is 2. The van der Waals surface area contributed by atoms with Gasteiger partial charge in [-0.05, 0) is 5.56 Å². The molecule has 1 rings (SSSR count). The van der Waals surface area contributed by atoms with Crippen LogP contribution in [0, 0.1) is 0 Å². The zero-order valence-electron chi connectivity index (χ0n) is 8.28. The van der Waals surface area contributed by atoms with Gasteiger partial charge >= 0.3 is 5.97 Å². The number of carbonyl (C=O) groups is 1. The van der Waals surface area contributed by atoms with Gasteiger partial charge in [-0.25, -0.2) is 13.8 Å². The first-order chi connectivity index (χ1) is 7.47. The monoisotopic (exact) mass is 231 g/mol. The van der Waals surface area contributed by atoms with Gasteiger partial charge in [0, 0.05) is 23.9 Å². The molecule has 0 unspecified atom stereocenters. The number of aromatic nitrogens is 1. The lowest BCUT2D eigenvalue weighted by Crippen LogP contribution is -2.14. The molecule has 16 heavy (non-hydrogen) atoms. The maximum Gasteiger partial charge on any atom is 0.307 e. The summed E-state index contributed by atoms with van der Waals surface area (Å²) in [6.07, 6.45) is -2.45. The highest BCUT2D eigenvalue weighted by molar-refractivity contribution is 5.72. The molecule has 7 heteroatoms. The number of pyridine rings is 1. The lowest BCUT2D eigenvalue weighted by atomic mass is 10.0. The molecule has 5 nitrogen and oxygen atoms in total. The van der Waals surface area contributed by atoms with Gasteiger partial charge in [-0.1, -0.05) is 0 Å². The number of anilines is 1. The fourth-order valence-corrected chi connectivity index (χ4v) is 1.40. The van der Waals surface area contributed by atoms with Crippen LogP contribution in [-0.4, -0.2) is 16.1 Å². The minimum atomic E-state index is -2.80. The van der Waals surface area contributed by atoms with Gasteiger partial charge in [-0.2, -0.15) is 0 Å². The molecule has 0 atom stereocenters. The lowest BCUT2D eigenvalue weighted by molar-refractivity contribution is -0.136. The van der Waals surface area contributed by atoms with Gasteiger partial charge in [0.05, 0.1) is 6.42 Å². The first kappa shape index (κ1) is 12.3. The molecule has 0 aliphatic rings. The largest absolute Gasteiger partial charge is 0.481 e. The van der Waals surface area contributed by atoms with Gasteiger partial charge in [0.15, 0.2) is 0 Å². The van der Waals surface area contributed by atoms with Gasteiger partial charge < -0.3 is 16.6 Å². The number of rotatable bonds is 4. The normalized spacial score (nSPS) is 10.8. The highest BCUT2D eigenvalue weighted by Crippen LogP contribution is 2.27. The zero-order valence-corrected chi connectivity index (χ0v) is 8.28. The summed E-state index contributed by atoms with van der Waals surface area (Å²) in [6.45, 7) is -0.123. The predicted octanol–water partition coefficient (Wildman–Crippen LogP) is 0.687. The van der Waals surface area contributed by atoms with Crippen LogP contribution in [0.1, 0.15) is 23.1 Å². The average molecular weight is 231 g/mol. The summed E-state index contributed by atoms with van der Waals surface area (Å²) < 4.78 is 25.2. The molecule has 5 N–H and O–H groups in total. The summed E-state index contributed by atoms with van der Waals surface area (Å²) >= 11 is 0. The Kier molecular flexibility index (Phi) is 3.73. The maximum absolute atomic E-state index is 12.6. The molecule has 0 fully saturated rings. The smallest absolute Gasteiger partial charge is 0.307 e. The first-order valence-electron chi connectivity index (χ1n) is 4.43. The van der Waals surface area contributed by atoms with Crippen molar-refractivity contribution in [1.82, 2.24) is 4.98 Å². The Labute approximate surface area is 90.1 Å². The second-order valence-corrected chi connectivity index (χ2v) is 3.13. The standard InChI is InChI=1S/C9H11F2N3O2/c10-8(11)6-3-14-9(13)5(2-12)4(6)1-7(15)16/h3,8H,1-2,12H2,(H2,13,14)(H,15,16). The average Bonchev–Trinajstić information content (AvgIpc) is 2.16. The quantitative estimate of drug-likeness (QED) is 0.707. The molecule has 0 spiro atoms. The van der Waals surface area contributed by atoms with Gasteiger partial charge in [0.1, 0.15) is 5.82 Å². The number of carboxylic acids is 1. The van der Waals surface area contributed by atoms with Crippen molar-refractivity contribution in [2.24, 2.45) is 5.73 Å². The molecule has 88 valence electrons. The molecular weight excluding hydrogens is 220 g/mol. The molecule has 0 aliphatic heterocycles. The van der Waals surface area contributed by atoms with Crippen LogP contribution in [0.3, 0.4) is 0 Å². The van der Waals surface area contributed by atoms with Gasteiger partial charge in [-0.15, -0.1) is 0 Å². The number of nitrogen functional groups attached to an aromatic ring is 1. The molecule has 1 aromatic heterocycles. The molecule has 0 aromatic carbocycles. The van der Waals surface area contributed by atoms with Crippen molar-refractivity contribution in [2.45, 2.75) is 19.4 Å². The summed E-state index contributed by atoms with van der Waals surface area (Å²) in [7, 11) is 0. The number of aliphatic carboxylic acids is 1. The van der Waals surface area contributed by atoms with Crippen molar-refractivity contribution >= 4 is 11.8 Å². The number of carboxylic acid groups (broad SMARTS) is 1. The number of nitrogens with zero attached hydrogens (tertiary/aromatic N) is 1. The number of nitrogens with two attached hydrogens (primary N) is 2. The maximum atomic E-state index is 12.6. The van der Waals surface area contributed by atoms with E-state index in [0.717, 1.165) is 6.20 Å². The van der Waals surface area contributed by atoms with Gasteiger partial charge in [0.25, 0.3) is 6.43 Å². The third-order valence-corrected chi connectivity index (χ3v) is 2.13. The molecule has 0 saturated carbocycles. The Hall–Kier alpha value is -1.76. The van der Waals surface area contributed by atoms with E-state index in [4.69, 9.17) is 16.6 Å². The molecule has 0 radical (unpaired) electrons. The fourth-order valence-electron chi connectivity index (χ4n) is 1.40. The Morgan fingerprint density at radius 3 is 2.56 bits per heavy atom. The van der Waals surface area contributed by atoms with Crippen LogP contribution in [0.2, 0.25) is 0 Å². The summed E-state index contributed by atoms with van der Waals surface area (Å²) in [5, 5.41) is 8.64. The van der Waals surface area contributed by atoms with Gasteiger partial charge in [0.2, 0.25) is 0 Å². The second-order valence-electron chi connectivity index (χ2n) is 3.13. The summed E-state index contributed by atoms with van der Waals surface area (Å²) in [6, 6.07) is 0. The zero-order chi connectivity index (χ0) is 12.3. The van der Waals surface area contributed by atoms with E-state index in [1.807, 2.05) is 0 Å². The molecule has 0 amide bonds. The number of halogens is 2. The van der Waals surface area contributed by atoms with Crippen molar-refractivity contribution in [1.29, 1.82) is 0 Å². The SMILES string of the molecule is NCc1c(N)ncc(C(F)F)c1CC(=O)O. The van der Waals surface area contributed by atoms with Crippen LogP contribution in [-0.2, 0) is 17.8 Å². The number of hydrogen-bond acceptors (Lipinski definition) is 4. The van der Waals surface area contributed by atoms with Crippen molar-refractivity contribution in [3.05, 3.63) is 22.9 Å². The van der Waals surface area contributed by atoms with Crippen LogP contribution >= 0.6 is 0 Å². The van der Waals surface area contributed by atoms with E-state index in [1.54, 1.807) is 0 Å². The van der Waals surface area contributed by atoms with E-state index in [-0.39, 0.29) is 23.5 Å². The van der Waals surface area contributed by atoms with Crippen molar-refractivity contribution in [2.75, 3.05) is 5.73 Å². The molecule has 1 aromatic rings. The van der Waals surface area contributed by atoms with E-state index in [9.17, 15) is 13.6 Å². The molecule has 0 bridgehead atoms. The Morgan fingerprint density at radius 1 is 1.50 bits per heavy atom. The highest BCUT2D eigenvalue weighted by Gasteiger charge is 2.20. The van der Waals surface area contributed by atoms with E-state index >= 15 is 0 Å². The molecule has 0 saturated heterocycles. The Bertz CT molecular complexity index is 410. The minimum absolute atomic E-state index is 0.0110. The Morgan fingerprint density at radius 2 is 2.12 bits per heavy atom. The Balaban J connectivity index is 3.34. The summed E-state index contributed by atoms with van der Waals surface area (Å²) in [5.41, 5.74) is 10.5. The van der Waals surface area contributed by atoms with Crippen LogP contribution in [0.25, 0.3) is 0 Å². The lowest BCUT2D eigenvalue weighted by Gasteiger charge is -2.13. The molecular formula is C9H11F2N3O2. The minimum Gasteiger partial charge on any atom is -0.481 e. The third-order valence-electron chi connectivity index (χ3n) is 2.13. The topological polar surface area (TPSA) is 102 Å². The number of hydrogen-bond donors (Lipinski definition) is 3. The van der Waals surface area contributed by atoms with Crippen molar-refractivity contribution < 1.29 is 18.7 Å². The van der Waals surface area contributed by atoms with E-state index in [0.29, 0.717) is 0 Å². The van der Waals surface area contributed by atoms with Crippen molar-refractivity contribution in [3.63, 3.8) is 0 Å². The third kappa shape index (κ3) is 2.43. The fraction of sp³-hybridized carbons (Fsp3) is 0.333. The predicted molar refractivity (Wildman–Crippen MR) is 52.8 cm³/mol. The highest BCUT2D eigenvalue weighted by atomic mass is 19.3. The van der Waals surface area contributed by atoms with Crippen molar-refractivity contribution in [3.8, 4) is 0 Å². The van der Waals surface area contributed by atoms with Crippen LogP contribution < -0.4 is 11.5 Å². The van der Waals surface area contributed by atoms with Crippen LogP contribution in [0.5, 0.6) is 0 Å². The van der Waals surface area contributed by atoms with E-state index in [1.165, 1.54) is 0 Å². The summed E-state index contributed by atoms with van der Waals surface area (Å²) in [5.74, 6) is -1.23. The van der Waals surface area contributed by atoms with E-state index in [2.05, 4.69) is 4.98 Å². The van der Waals surface area contributed by atoms with E-state index < -0.39 is 24.4 Å². The molecule has 1 heterocycles. The van der Waals surface area contributed by atoms with Crippen LogP contribution in [0.15, 0.2) is 6.20 Å². The van der Waals surface area contributed by atoms with Gasteiger partial charge in [-0.3, -0.25) is 4.79 Å². The summed E-state index contributed by atoms with van der Waals surface area (Å²) in [4.78, 5) is 14.1.